The zero-order chi connectivity index (χ0) is 19.0. The molecule has 0 saturated carbocycles. The van der Waals surface area contributed by atoms with E-state index in [1.807, 2.05) is 49.4 Å². The highest BCUT2D eigenvalue weighted by atomic mass is 16.7. The number of aliphatic imine (C=N–C) groups is 1. The predicted octanol–water partition coefficient (Wildman–Crippen LogP) is 2.47. The van der Waals surface area contributed by atoms with Crippen LogP contribution in [-0.2, 0) is 15.9 Å². The van der Waals surface area contributed by atoms with Gasteiger partial charge in [0.25, 0.3) is 0 Å². The molecule has 0 aliphatic carbocycles. The fourth-order valence-corrected chi connectivity index (χ4v) is 3.55. The summed E-state index contributed by atoms with van der Waals surface area (Å²) in [5.41, 5.74) is 7.09. The molecule has 0 unspecified atom stereocenters. The second-order valence-electron chi connectivity index (χ2n) is 7.07. The van der Waals surface area contributed by atoms with Crippen molar-refractivity contribution in [2.24, 2.45) is 10.1 Å². The Morgan fingerprint density at radius 2 is 1.82 bits per heavy atom. The Morgan fingerprint density at radius 1 is 1.07 bits per heavy atom. The molecule has 0 spiro atoms. The van der Waals surface area contributed by atoms with Crippen LogP contribution in [0, 0.1) is 0 Å². The van der Waals surface area contributed by atoms with Gasteiger partial charge in [0.15, 0.2) is 17.3 Å². The van der Waals surface area contributed by atoms with Gasteiger partial charge in [0.05, 0.1) is 25.5 Å². The van der Waals surface area contributed by atoms with Gasteiger partial charge in [-0.05, 0) is 24.6 Å². The lowest BCUT2D eigenvalue weighted by atomic mass is 9.95. The van der Waals surface area contributed by atoms with Crippen molar-refractivity contribution < 1.29 is 18.9 Å². The highest BCUT2D eigenvalue weighted by Crippen LogP contribution is 2.36. The summed E-state index contributed by atoms with van der Waals surface area (Å²) in [6.07, 6.45) is 0.599. The first kappa shape index (κ1) is 17.2. The van der Waals surface area contributed by atoms with E-state index in [0.717, 1.165) is 39.7 Å². The molecule has 2 aromatic rings. The lowest BCUT2D eigenvalue weighted by molar-refractivity contribution is -0.132. The van der Waals surface area contributed by atoms with Gasteiger partial charge in [-0.15, -0.1) is 0 Å². The molecule has 1 N–H and O–H groups in total. The van der Waals surface area contributed by atoms with Crippen molar-refractivity contribution in [1.82, 2.24) is 5.43 Å². The summed E-state index contributed by atoms with van der Waals surface area (Å²) in [7, 11) is 0. The van der Waals surface area contributed by atoms with E-state index in [1.165, 1.54) is 0 Å². The molecular formula is C21H21N3O4. The van der Waals surface area contributed by atoms with E-state index in [4.69, 9.17) is 23.9 Å². The van der Waals surface area contributed by atoms with Crippen molar-refractivity contribution in [1.29, 1.82) is 0 Å². The SMILES string of the molecule is CC1(CN=C2Cc3cc4c(cc3C(c3ccccc3)=NN2)OCO4)OCCO1. The number of amidine groups is 1. The number of hydrazone groups is 1. The molecule has 28 heavy (non-hydrogen) atoms. The van der Waals surface area contributed by atoms with Crippen LogP contribution in [0.5, 0.6) is 11.5 Å². The minimum absolute atomic E-state index is 0.238. The van der Waals surface area contributed by atoms with Gasteiger partial charge >= 0.3 is 0 Å². The van der Waals surface area contributed by atoms with Crippen LogP contribution in [0.4, 0.5) is 0 Å². The molecule has 3 heterocycles. The third kappa shape index (κ3) is 3.23. The Hall–Kier alpha value is -2.90. The van der Waals surface area contributed by atoms with Gasteiger partial charge in [0.2, 0.25) is 6.79 Å². The summed E-state index contributed by atoms with van der Waals surface area (Å²) >= 11 is 0. The number of nitrogens with one attached hydrogen (secondary N) is 1. The van der Waals surface area contributed by atoms with Gasteiger partial charge in [-0.2, -0.15) is 5.10 Å². The smallest absolute Gasteiger partial charge is 0.231 e. The Labute approximate surface area is 163 Å². The molecule has 7 heteroatoms. The number of hydrogen-bond donors (Lipinski definition) is 1. The van der Waals surface area contributed by atoms with E-state index in [0.29, 0.717) is 26.2 Å². The first-order valence-corrected chi connectivity index (χ1v) is 9.33. The maximum Gasteiger partial charge on any atom is 0.231 e. The van der Waals surface area contributed by atoms with E-state index < -0.39 is 5.79 Å². The zero-order valence-electron chi connectivity index (χ0n) is 15.6. The molecule has 0 bridgehead atoms. The lowest BCUT2D eigenvalue weighted by Gasteiger charge is -2.20. The number of fused-ring (bicyclic) bond motifs is 2. The average molecular weight is 379 g/mol. The largest absolute Gasteiger partial charge is 0.454 e. The maximum absolute atomic E-state index is 5.65. The molecule has 0 aromatic heterocycles. The van der Waals surface area contributed by atoms with Crippen molar-refractivity contribution in [3.8, 4) is 11.5 Å². The van der Waals surface area contributed by atoms with Gasteiger partial charge in [-0.3, -0.25) is 10.4 Å². The van der Waals surface area contributed by atoms with E-state index in [9.17, 15) is 0 Å². The highest BCUT2D eigenvalue weighted by Gasteiger charge is 2.31. The summed E-state index contributed by atoms with van der Waals surface area (Å²) in [5.74, 6) is 1.57. The van der Waals surface area contributed by atoms with E-state index >= 15 is 0 Å². The van der Waals surface area contributed by atoms with Crippen molar-refractivity contribution >= 4 is 11.5 Å². The third-order valence-corrected chi connectivity index (χ3v) is 5.01. The van der Waals surface area contributed by atoms with E-state index in [-0.39, 0.29) is 6.79 Å². The minimum atomic E-state index is -0.676. The topological polar surface area (TPSA) is 73.7 Å². The van der Waals surface area contributed by atoms with Crippen LogP contribution in [0.2, 0.25) is 0 Å². The normalized spacial score (nSPS) is 21.0. The third-order valence-electron chi connectivity index (χ3n) is 5.01. The Bertz CT molecular complexity index is 950. The molecule has 3 aliphatic heterocycles. The summed E-state index contributed by atoms with van der Waals surface area (Å²) < 4.78 is 22.5. The summed E-state index contributed by atoms with van der Waals surface area (Å²) in [6, 6.07) is 14.1. The maximum atomic E-state index is 5.65. The van der Waals surface area contributed by atoms with Crippen LogP contribution in [0.15, 0.2) is 52.6 Å². The van der Waals surface area contributed by atoms with Crippen molar-refractivity contribution in [3.05, 3.63) is 59.2 Å². The van der Waals surface area contributed by atoms with Crippen LogP contribution >= 0.6 is 0 Å². The molecular weight excluding hydrogens is 358 g/mol. The fourth-order valence-electron chi connectivity index (χ4n) is 3.55. The van der Waals surface area contributed by atoms with Crippen LogP contribution in [0.1, 0.15) is 23.6 Å². The van der Waals surface area contributed by atoms with Crippen molar-refractivity contribution in [2.45, 2.75) is 19.1 Å². The second kappa shape index (κ2) is 6.92. The standard InChI is InChI=1S/C21H21N3O4/c1-21(27-7-8-28-21)12-22-19-10-15-9-17-18(26-13-25-17)11-16(15)20(24-23-19)14-5-3-2-4-6-14/h2-6,9,11H,7-8,10,12-13H2,1H3,(H,22,23). The Kier molecular flexibility index (Phi) is 4.26. The van der Waals surface area contributed by atoms with Gasteiger partial charge in [0.1, 0.15) is 5.84 Å². The van der Waals surface area contributed by atoms with Crippen molar-refractivity contribution in [2.75, 3.05) is 26.6 Å². The van der Waals surface area contributed by atoms with Crippen LogP contribution in [0.3, 0.4) is 0 Å². The molecule has 0 atom stereocenters. The molecule has 1 saturated heterocycles. The number of benzene rings is 2. The first-order valence-electron chi connectivity index (χ1n) is 9.33. The Balaban J connectivity index is 1.54. The molecule has 144 valence electrons. The van der Waals surface area contributed by atoms with Gasteiger partial charge in [-0.25, -0.2) is 0 Å². The minimum Gasteiger partial charge on any atom is -0.454 e. The zero-order valence-corrected chi connectivity index (χ0v) is 15.6. The Morgan fingerprint density at radius 3 is 2.61 bits per heavy atom. The van der Waals surface area contributed by atoms with Gasteiger partial charge in [-0.1, -0.05) is 30.3 Å². The monoisotopic (exact) mass is 379 g/mol. The molecule has 2 aromatic carbocycles. The summed E-state index contributed by atoms with van der Waals surface area (Å²) in [5, 5.41) is 4.67. The summed E-state index contributed by atoms with van der Waals surface area (Å²) in [6.45, 7) is 3.74. The van der Waals surface area contributed by atoms with Gasteiger partial charge in [0, 0.05) is 17.5 Å². The predicted molar refractivity (Wildman–Crippen MR) is 104 cm³/mol. The molecule has 5 rings (SSSR count). The van der Waals surface area contributed by atoms with Crippen LogP contribution in [-0.4, -0.2) is 43.9 Å². The second-order valence-corrected chi connectivity index (χ2v) is 7.07. The average Bonchev–Trinajstić information content (AvgIpc) is 3.31. The van der Waals surface area contributed by atoms with Crippen LogP contribution < -0.4 is 14.9 Å². The molecule has 1 fully saturated rings. The molecule has 7 nitrogen and oxygen atoms in total. The summed E-state index contributed by atoms with van der Waals surface area (Å²) in [4.78, 5) is 4.69. The van der Waals surface area contributed by atoms with Gasteiger partial charge < -0.3 is 18.9 Å². The fraction of sp³-hybridized carbons (Fsp3) is 0.333. The number of nitrogens with zero attached hydrogens (tertiary/aromatic N) is 2. The van der Waals surface area contributed by atoms with Crippen molar-refractivity contribution in [3.63, 3.8) is 0 Å². The number of hydrogen-bond acceptors (Lipinski definition) is 6. The molecule has 0 amide bonds. The highest BCUT2D eigenvalue weighted by molar-refractivity contribution is 6.15. The number of rotatable bonds is 3. The van der Waals surface area contributed by atoms with E-state index in [2.05, 4.69) is 10.5 Å². The lowest BCUT2D eigenvalue weighted by Crippen LogP contribution is -2.31. The molecule has 0 radical (unpaired) electrons. The van der Waals surface area contributed by atoms with Crippen LogP contribution in [0.25, 0.3) is 0 Å². The van der Waals surface area contributed by atoms with E-state index in [1.54, 1.807) is 0 Å². The quantitative estimate of drug-likeness (QED) is 0.887. The number of ether oxygens (including phenoxy) is 4. The first-order chi connectivity index (χ1) is 13.7. The molecule has 3 aliphatic rings.